The first kappa shape index (κ1) is 13.9. The Labute approximate surface area is 89.6 Å². The van der Waals surface area contributed by atoms with Gasteiger partial charge in [0.1, 0.15) is 0 Å². The molecule has 1 rings (SSSR count). The number of piperidine rings is 1. The molecule has 0 atom stereocenters. The van der Waals surface area contributed by atoms with Gasteiger partial charge in [0.15, 0.2) is 0 Å². The average molecular weight is 201 g/mol. The Morgan fingerprint density at radius 1 is 1.21 bits per heavy atom. The fourth-order valence-corrected chi connectivity index (χ4v) is 1.88. The summed E-state index contributed by atoms with van der Waals surface area (Å²) in [6.45, 7) is 11.0. The second-order valence-electron chi connectivity index (χ2n) is 3.66. The van der Waals surface area contributed by atoms with Crippen molar-refractivity contribution in [2.45, 2.75) is 40.0 Å². The van der Waals surface area contributed by atoms with E-state index in [9.17, 15) is 0 Å². The molecule has 0 unspecified atom stereocenters. The highest BCUT2D eigenvalue weighted by Gasteiger charge is 2.17. The molecule has 2 nitrogen and oxygen atoms in total. The van der Waals surface area contributed by atoms with Crippen molar-refractivity contribution in [3.05, 3.63) is 0 Å². The van der Waals surface area contributed by atoms with Crippen LogP contribution in [0.2, 0.25) is 0 Å². The van der Waals surface area contributed by atoms with Gasteiger partial charge in [0.25, 0.3) is 0 Å². The third-order valence-corrected chi connectivity index (χ3v) is 2.88. The first-order valence-electron chi connectivity index (χ1n) is 6.08. The van der Waals surface area contributed by atoms with Gasteiger partial charge in [-0.05, 0) is 44.8 Å². The summed E-state index contributed by atoms with van der Waals surface area (Å²) in [5.74, 6) is 0.924. The first-order valence-corrected chi connectivity index (χ1v) is 6.08. The van der Waals surface area contributed by atoms with Crippen molar-refractivity contribution in [3.63, 3.8) is 0 Å². The van der Waals surface area contributed by atoms with Crippen LogP contribution in [0.25, 0.3) is 0 Å². The first-order chi connectivity index (χ1) is 6.86. The van der Waals surface area contributed by atoms with Crippen LogP contribution in [0.15, 0.2) is 0 Å². The Balaban J connectivity index is 0.000000791. The van der Waals surface area contributed by atoms with Crippen LogP contribution in [0, 0.1) is 5.92 Å². The molecule has 2 heteroatoms. The zero-order chi connectivity index (χ0) is 10.8. The quantitative estimate of drug-likeness (QED) is 0.693. The summed E-state index contributed by atoms with van der Waals surface area (Å²) >= 11 is 0. The van der Waals surface area contributed by atoms with E-state index in [1.807, 2.05) is 13.8 Å². The second-order valence-corrected chi connectivity index (χ2v) is 3.66. The maximum absolute atomic E-state index is 5.08. The monoisotopic (exact) mass is 201 g/mol. The third kappa shape index (κ3) is 5.61. The molecule has 1 heterocycles. The minimum absolute atomic E-state index is 0.924. The van der Waals surface area contributed by atoms with Gasteiger partial charge in [-0.25, -0.2) is 0 Å². The van der Waals surface area contributed by atoms with Gasteiger partial charge >= 0.3 is 0 Å². The number of likely N-dealkylation sites (tertiary alicyclic amines) is 1. The average Bonchev–Trinajstić information content (AvgIpc) is 2.30. The summed E-state index contributed by atoms with van der Waals surface area (Å²) in [4.78, 5) is 2.53. The molecule has 1 aliphatic rings. The molecule has 0 radical (unpaired) electrons. The highest BCUT2D eigenvalue weighted by atomic mass is 16.5. The van der Waals surface area contributed by atoms with Crippen molar-refractivity contribution in [2.24, 2.45) is 5.92 Å². The summed E-state index contributed by atoms with van der Waals surface area (Å²) in [7, 11) is 1.79. The maximum Gasteiger partial charge on any atom is 0.0464 e. The molecule has 1 saturated heterocycles. The Morgan fingerprint density at radius 3 is 2.21 bits per heavy atom. The molecule has 0 N–H and O–H groups in total. The molecule has 0 bridgehead atoms. The minimum Gasteiger partial charge on any atom is -0.385 e. The Hall–Kier alpha value is -0.0800. The molecular weight excluding hydrogens is 174 g/mol. The van der Waals surface area contributed by atoms with E-state index in [1.165, 1.54) is 38.9 Å². The van der Waals surface area contributed by atoms with Crippen molar-refractivity contribution in [1.29, 1.82) is 0 Å². The van der Waals surface area contributed by atoms with Crippen LogP contribution in [0.4, 0.5) is 0 Å². The molecule has 0 aromatic rings. The highest BCUT2D eigenvalue weighted by Crippen LogP contribution is 2.19. The van der Waals surface area contributed by atoms with E-state index in [0.717, 1.165) is 12.5 Å². The molecule has 1 fully saturated rings. The summed E-state index contributed by atoms with van der Waals surface area (Å²) < 4.78 is 5.08. The normalized spacial score (nSPS) is 18.9. The molecule has 0 aromatic carbocycles. The molecule has 14 heavy (non-hydrogen) atoms. The van der Waals surface area contributed by atoms with E-state index >= 15 is 0 Å². The van der Waals surface area contributed by atoms with Gasteiger partial charge in [0.05, 0.1) is 0 Å². The van der Waals surface area contributed by atoms with Gasteiger partial charge < -0.3 is 9.64 Å². The van der Waals surface area contributed by atoms with Crippen LogP contribution in [0.5, 0.6) is 0 Å². The van der Waals surface area contributed by atoms with E-state index < -0.39 is 0 Å². The molecule has 0 saturated carbocycles. The van der Waals surface area contributed by atoms with Crippen LogP contribution in [0.1, 0.15) is 40.0 Å². The van der Waals surface area contributed by atoms with Crippen LogP contribution in [0.3, 0.4) is 0 Å². The van der Waals surface area contributed by atoms with Crippen LogP contribution in [-0.2, 0) is 4.74 Å². The van der Waals surface area contributed by atoms with Crippen molar-refractivity contribution >= 4 is 0 Å². The molecule has 0 aliphatic carbocycles. The Kier molecular flexibility index (Phi) is 9.42. The number of nitrogens with zero attached hydrogens (tertiary/aromatic N) is 1. The summed E-state index contributed by atoms with van der Waals surface area (Å²) in [5, 5.41) is 0. The van der Waals surface area contributed by atoms with Gasteiger partial charge in [0.2, 0.25) is 0 Å². The minimum atomic E-state index is 0.924. The van der Waals surface area contributed by atoms with Crippen LogP contribution >= 0.6 is 0 Å². The largest absolute Gasteiger partial charge is 0.385 e. The molecular formula is C12H27NO. The van der Waals surface area contributed by atoms with Crippen molar-refractivity contribution in [1.82, 2.24) is 4.90 Å². The zero-order valence-corrected chi connectivity index (χ0v) is 10.4. The van der Waals surface area contributed by atoms with Crippen LogP contribution < -0.4 is 0 Å². The van der Waals surface area contributed by atoms with Gasteiger partial charge in [-0.3, -0.25) is 0 Å². The van der Waals surface area contributed by atoms with Crippen molar-refractivity contribution < 1.29 is 4.74 Å². The number of ether oxygens (including phenoxy) is 1. The zero-order valence-electron chi connectivity index (χ0n) is 10.4. The SMILES string of the molecule is CC.CCN1CCC(CCOC)CC1. The predicted molar refractivity (Wildman–Crippen MR) is 62.7 cm³/mol. The lowest BCUT2D eigenvalue weighted by Gasteiger charge is -2.30. The van der Waals surface area contributed by atoms with E-state index in [2.05, 4.69) is 11.8 Å². The highest BCUT2D eigenvalue weighted by molar-refractivity contribution is 4.70. The fraction of sp³-hybridized carbons (Fsp3) is 1.00. The molecule has 1 aliphatic heterocycles. The lowest BCUT2D eigenvalue weighted by Crippen LogP contribution is -2.33. The van der Waals surface area contributed by atoms with Crippen molar-refractivity contribution in [3.8, 4) is 0 Å². The van der Waals surface area contributed by atoms with E-state index in [-0.39, 0.29) is 0 Å². The Morgan fingerprint density at radius 2 is 1.79 bits per heavy atom. The summed E-state index contributed by atoms with van der Waals surface area (Å²) in [6, 6.07) is 0. The molecule has 0 amide bonds. The predicted octanol–water partition coefficient (Wildman–Crippen LogP) is 2.78. The smallest absolute Gasteiger partial charge is 0.0464 e. The maximum atomic E-state index is 5.08. The van der Waals surface area contributed by atoms with Crippen molar-refractivity contribution in [2.75, 3.05) is 33.4 Å². The van der Waals surface area contributed by atoms with E-state index in [4.69, 9.17) is 4.74 Å². The second kappa shape index (κ2) is 9.47. The fourth-order valence-electron chi connectivity index (χ4n) is 1.88. The number of hydrogen-bond donors (Lipinski definition) is 0. The number of rotatable bonds is 4. The van der Waals surface area contributed by atoms with Crippen LogP contribution in [-0.4, -0.2) is 38.3 Å². The molecule has 86 valence electrons. The number of methoxy groups -OCH3 is 1. The van der Waals surface area contributed by atoms with Gasteiger partial charge in [0, 0.05) is 13.7 Å². The molecule has 0 spiro atoms. The topological polar surface area (TPSA) is 12.5 Å². The van der Waals surface area contributed by atoms with E-state index in [0.29, 0.717) is 0 Å². The Bertz CT molecular complexity index is 109. The number of hydrogen-bond acceptors (Lipinski definition) is 2. The lowest BCUT2D eigenvalue weighted by atomic mass is 9.94. The lowest BCUT2D eigenvalue weighted by molar-refractivity contribution is 0.138. The molecule has 0 aromatic heterocycles. The third-order valence-electron chi connectivity index (χ3n) is 2.88. The van der Waals surface area contributed by atoms with Gasteiger partial charge in [-0.2, -0.15) is 0 Å². The van der Waals surface area contributed by atoms with E-state index in [1.54, 1.807) is 7.11 Å². The summed E-state index contributed by atoms with van der Waals surface area (Å²) in [6.07, 6.45) is 4.00. The van der Waals surface area contributed by atoms with Gasteiger partial charge in [-0.15, -0.1) is 0 Å². The summed E-state index contributed by atoms with van der Waals surface area (Å²) in [5.41, 5.74) is 0. The van der Waals surface area contributed by atoms with Gasteiger partial charge in [-0.1, -0.05) is 20.8 Å². The standard InChI is InChI=1S/C10H21NO.C2H6/c1-3-11-7-4-10(5-8-11)6-9-12-2;1-2/h10H,3-9H2,1-2H3;1-2H3.